The second kappa shape index (κ2) is 6.19. The zero-order valence-electron chi connectivity index (χ0n) is 13.7. The Kier molecular flexibility index (Phi) is 3.97. The zero-order chi connectivity index (χ0) is 18.3. The van der Waals surface area contributed by atoms with Crippen molar-refractivity contribution in [1.82, 2.24) is 13.7 Å². The van der Waals surface area contributed by atoms with Gasteiger partial charge in [0.05, 0.1) is 23.4 Å². The topological polar surface area (TPSA) is 97.8 Å². The quantitative estimate of drug-likeness (QED) is 0.489. The van der Waals surface area contributed by atoms with Gasteiger partial charge in [0.15, 0.2) is 4.90 Å². The highest BCUT2D eigenvalue weighted by atomic mass is 32.2. The Morgan fingerprint density at radius 3 is 2.65 bits per heavy atom. The van der Waals surface area contributed by atoms with Gasteiger partial charge >= 0.3 is 0 Å². The molecule has 0 amide bonds. The molecule has 0 unspecified atom stereocenters. The molecule has 2 aromatic heterocycles. The fourth-order valence-electron chi connectivity index (χ4n) is 2.99. The number of nitro benzene ring substituents is 1. The summed E-state index contributed by atoms with van der Waals surface area (Å²) in [5.74, 6) is 0. The van der Waals surface area contributed by atoms with Gasteiger partial charge in [-0.1, -0.05) is 18.2 Å². The molecule has 0 N–H and O–H groups in total. The first-order chi connectivity index (χ1) is 12.5. The number of nitro groups is 1. The lowest BCUT2D eigenvalue weighted by Crippen LogP contribution is -2.33. The van der Waals surface area contributed by atoms with E-state index in [1.54, 1.807) is 6.20 Å². The van der Waals surface area contributed by atoms with E-state index in [4.69, 9.17) is 0 Å². The van der Waals surface area contributed by atoms with Crippen LogP contribution in [-0.4, -0.2) is 33.1 Å². The highest BCUT2D eigenvalue weighted by Crippen LogP contribution is 2.36. The molecule has 0 aliphatic heterocycles. The highest BCUT2D eigenvalue weighted by molar-refractivity contribution is 7.89. The monoisotopic (exact) mass is 372 g/mol. The van der Waals surface area contributed by atoms with Crippen molar-refractivity contribution < 1.29 is 13.3 Å². The minimum atomic E-state index is -4.01. The molecule has 1 saturated carbocycles. The highest BCUT2D eigenvalue weighted by Gasteiger charge is 2.41. The second-order valence-corrected chi connectivity index (χ2v) is 8.04. The van der Waals surface area contributed by atoms with Crippen molar-refractivity contribution in [3.8, 4) is 0 Å². The standard InChI is InChI=1S/C17H16N4O4S/c22-21(23)15-5-1-2-6-16(15)26(24,25)20(13-8-9-13)12-14-11-18-17-7-3-4-10-19(14)17/h1-7,10-11,13H,8-9,12H2. The first-order valence-electron chi connectivity index (χ1n) is 8.15. The summed E-state index contributed by atoms with van der Waals surface area (Å²) in [5, 5.41) is 11.3. The Morgan fingerprint density at radius 2 is 1.92 bits per heavy atom. The van der Waals surface area contributed by atoms with Gasteiger partial charge in [-0.3, -0.25) is 10.1 Å². The average molecular weight is 372 g/mol. The summed E-state index contributed by atoms with van der Waals surface area (Å²) in [4.78, 5) is 14.6. The number of sulfonamides is 1. The van der Waals surface area contributed by atoms with E-state index in [1.165, 1.54) is 28.6 Å². The van der Waals surface area contributed by atoms with Gasteiger partial charge in [-0.15, -0.1) is 0 Å². The van der Waals surface area contributed by atoms with Crippen LogP contribution in [0, 0.1) is 10.1 Å². The Balaban J connectivity index is 1.76. The average Bonchev–Trinajstić information content (AvgIpc) is 3.39. The molecule has 0 atom stereocenters. The molecule has 3 aromatic rings. The van der Waals surface area contributed by atoms with Crippen LogP contribution in [0.2, 0.25) is 0 Å². The number of pyridine rings is 1. The number of imidazole rings is 1. The molecule has 26 heavy (non-hydrogen) atoms. The van der Waals surface area contributed by atoms with Crippen LogP contribution in [0.5, 0.6) is 0 Å². The van der Waals surface area contributed by atoms with Crippen molar-refractivity contribution in [3.05, 3.63) is 70.7 Å². The minimum Gasteiger partial charge on any atom is -0.303 e. The third-order valence-corrected chi connectivity index (χ3v) is 6.36. The number of aromatic nitrogens is 2. The molecular weight excluding hydrogens is 356 g/mol. The number of nitrogens with zero attached hydrogens (tertiary/aromatic N) is 4. The molecule has 1 aliphatic carbocycles. The molecule has 9 heteroatoms. The van der Waals surface area contributed by atoms with Crippen molar-refractivity contribution in [1.29, 1.82) is 0 Å². The van der Waals surface area contributed by atoms with E-state index < -0.39 is 20.6 Å². The van der Waals surface area contributed by atoms with E-state index in [-0.39, 0.29) is 17.5 Å². The molecule has 134 valence electrons. The van der Waals surface area contributed by atoms with Gasteiger partial charge in [0.1, 0.15) is 5.65 Å². The molecule has 0 bridgehead atoms. The summed E-state index contributed by atoms with van der Waals surface area (Å²) in [6.45, 7) is 0.115. The van der Waals surface area contributed by atoms with Crippen LogP contribution in [-0.2, 0) is 16.6 Å². The van der Waals surface area contributed by atoms with Gasteiger partial charge in [-0.2, -0.15) is 4.31 Å². The van der Waals surface area contributed by atoms with Crippen LogP contribution in [0.15, 0.2) is 59.8 Å². The molecule has 0 radical (unpaired) electrons. The van der Waals surface area contributed by atoms with Crippen LogP contribution in [0.3, 0.4) is 0 Å². The molecule has 1 fully saturated rings. The summed E-state index contributed by atoms with van der Waals surface area (Å²) >= 11 is 0. The predicted molar refractivity (Wildman–Crippen MR) is 94.0 cm³/mol. The summed E-state index contributed by atoms with van der Waals surface area (Å²) in [6.07, 6.45) is 4.95. The van der Waals surface area contributed by atoms with E-state index in [9.17, 15) is 18.5 Å². The number of fused-ring (bicyclic) bond motifs is 1. The summed E-state index contributed by atoms with van der Waals surface area (Å²) in [5.41, 5.74) is 1.03. The maximum absolute atomic E-state index is 13.2. The van der Waals surface area contributed by atoms with Crippen LogP contribution in [0.25, 0.3) is 5.65 Å². The normalized spacial score (nSPS) is 14.8. The molecule has 2 heterocycles. The Hall–Kier alpha value is -2.78. The van der Waals surface area contributed by atoms with Gasteiger partial charge in [-0.25, -0.2) is 13.4 Å². The summed E-state index contributed by atoms with van der Waals surface area (Å²) in [6, 6.07) is 10.9. The van der Waals surface area contributed by atoms with Crippen molar-refractivity contribution >= 4 is 21.4 Å². The third-order valence-electron chi connectivity index (χ3n) is 4.41. The van der Waals surface area contributed by atoms with Gasteiger partial charge in [0.2, 0.25) is 0 Å². The van der Waals surface area contributed by atoms with E-state index in [0.717, 1.165) is 24.2 Å². The number of para-hydroxylation sites is 1. The largest absolute Gasteiger partial charge is 0.303 e. The molecule has 0 saturated heterocycles. The van der Waals surface area contributed by atoms with Gasteiger partial charge in [0.25, 0.3) is 15.7 Å². The van der Waals surface area contributed by atoms with Gasteiger partial charge in [-0.05, 0) is 31.0 Å². The molecule has 1 aliphatic rings. The van der Waals surface area contributed by atoms with Gasteiger partial charge < -0.3 is 4.40 Å². The van der Waals surface area contributed by atoms with Crippen LogP contribution >= 0.6 is 0 Å². The zero-order valence-corrected chi connectivity index (χ0v) is 14.5. The van der Waals surface area contributed by atoms with Crippen LogP contribution in [0.1, 0.15) is 18.5 Å². The molecular formula is C17H16N4O4S. The minimum absolute atomic E-state index is 0.115. The van der Waals surface area contributed by atoms with Crippen LogP contribution in [0.4, 0.5) is 5.69 Å². The maximum atomic E-state index is 13.2. The van der Waals surface area contributed by atoms with E-state index in [1.807, 2.05) is 28.8 Å². The Morgan fingerprint density at radius 1 is 1.19 bits per heavy atom. The van der Waals surface area contributed by atoms with Gasteiger partial charge in [0, 0.05) is 18.3 Å². The van der Waals surface area contributed by atoms with Crippen molar-refractivity contribution in [2.75, 3.05) is 0 Å². The SMILES string of the molecule is O=[N+]([O-])c1ccccc1S(=O)(=O)N(Cc1cnc2ccccn12)C1CC1. The lowest BCUT2D eigenvalue weighted by atomic mass is 10.3. The van der Waals surface area contributed by atoms with E-state index in [2.05, 4.69) is 4.98 Å². The second-order valence-electron chi connectivity index (χ2n) is 6.18. The van der Waals surface area contributed by atoms with Crippen molar-refractivity contribution in [3.63, 3.8) is 0 Å². The first kappa shape index (κ1) is 16.7. The summed E-state index contributed by atoms with van der Waals surface area (Å²) in [7, 11) is -4.01. The van der Waals surface area contributed by atoms with E-state index in [0.29, 0.717) is 0 Å². The molecule has 0 spiro atoms. The number of hydrogen-bond acceptors (Lipinski definition) is 5. The van der Waals surface area contributed by atoms with Crippen LogP contribution < -0.4 is 0 Å². The van der Waals surface area contributed by atoms with Crippen molar-refractivity contribution in [2.45, 2.75) is 30.3 Å². The van der Waals surface area contributed by atoms with Crippen molar-refractivity contribution in [2.24, 2.45) is 0 Å². The number of rotatable bonds is 6. The fourth-order valence-corrected chi connectivity index (χ4v) is 4.80. The lowest BCUT2D eigenvalue weighted by Gasteiger charge is -2.21. The smallest absolute Gasteiger partial charge is 0.289 e. The molecule has 4 rings (SSSR count). The number of benzene rings is 1. The van der Waals surface area contributed by atoms with E-state index >= 15 is 0 Å². The maximum Gasteiger partial charge on any atom is 0.289 e. The number of hydrogen-bond donors (Lipinski definition) is 0. The first-order valence-corrected chi connectivity index (χ1v) is 9.59. The molecule has 8 nitrogen and oxygen atoms in total. The third kappa shape index (κ3) is 2.85. The summed E-state index contributed by atoms with van der Waals surface area (Å²) < 4.78 is 29.6. The Labute approximate surface area is 149 Å². The lowest BCUT2D eigenvalue weighted by molar-refractivity contribution is -0.387. The Bertz CT molecular complexity index is 1090. The molecule has 1 aromatic carbocycles. The fraction of sp³-hybridized carbons (Fsp3) is 0.235. The predicted octanol–water partition coefficient (Wildman–Crippen LogP) is 2.60.